The van der Waals surface area contributed by atoms with Crippen molar-refractivity contribution in [1.82, 2.24) is 0 Å². The van der Waals surface area contributed by atoms with Gasteiger partial charge in [0.15, 0.2) is 0 Å². The van der Waals surface area contributed by atoms with Gasteiger partial charge in [-0.15, -0.1) is 12.4 Å². The molecule has 0 bridgehead atoms. The highest BCUT2D eigenvalue weighted by Gasteiger charge is 2.16. The van der Waals surface area contributed by atoms with E-state index in [2.05, 4.69) is 36.1 Å². The summed E-state index contributed by atoms with van der Waals surface area (Å²) in [7, 11) is 0. The predicted molar refractivity (Wildman–Crippen MR) is 81.7 cm³/mol. The van der Waals surface area contributed by atoms with E-state index in [0.717, 1.165) is 25.3 Å². The smallest absolute Gasteiger partial charge is 0.0366 e. The van der Waals surface area contributed by atoms with Gasteiger partial charge in [0.2, 0.25) is 0 Å². The average molecular weight is 269 g/mol. The Bertz CT molecular complexity index is 337. The van der Waals surface area contributed by atoms with Crippen molar-refractivity contribution in [2.24, 2.45) is 11.7 Å². The van der Waals surface area contributed by atoms with Crippen molar-refractivity contribution in [3.8, 4) is 0 Å². The molecule has 0 amide bonds. The molecule has 0 radical (unpaired) electrons. The lowest BCUT2D eigenvalue weighted by Gasteiger charge is -2.32. The summed E-state index contributed by atoms with van der Waals surface area (Å²) in [6.07, 6.45) is 4.90. The van der Waals surface area contributed by atoms with Crippen LogP contribution in [0, 0.1) is 5.92 Å². The van der Waals surface area contributed by atoms with Crippen LogP contribution in [0.4, 0.5) is 5.69 Å². The Labute approximate surface area is 117 Å². The summed E-state index contributed by atoms with van der Waals surface area (Å²) >= 11 is 0. The molecule has 0 aliphatic carbocycles. The quantitative estimate of drug-likeness (QED) is 0.908. The number of hydrogen-bond donors (Lipinski definition) is 1. The fourth-order valence-corrected chi connectivity index (χ4v) is 2.60. The molecule has 3 heteroatoms. The van der Waals surface area contributed by atoms with E-state index in [1.807, 2.05) is 0 Å². The molecule has 1 heterocycles. The van der Waals surface area contributed by atoms with Crippen LogP contribution in [-0.2, 0) is 6.42 Å². The number of benzene rings is 1. The maximum Gasteiger partial charge on any atom is 0.0366 e. The number of rotatable bonds is 4. The van der Waals surface area contributed by atoms with Gasteiger partial charge < -0.3 is 10.6 Å². The van der Waals surface area contributed by atoms with E-state index in [0.29, 0.717) is 0 Å². The van der Waals surface area contributed by atoms with Gasteiger partial charge in [-0.3, -0.25) is 0 Å². The summed E-state index contributed by atoms with van der Waals surface area (Å²) in [5.41, 5.74) is 8.32. The maximum atomic E-state index is 5.53. The number of halogens is 1. The highest BCUT2D eigenvalue weighted by molar-refractivity contribution is 5.85. The summed E-state index contributed by atoms with van der Waals surface area (Å²) in [5.74, 6) is 0.834. The minimum Gasteiger partial charge on any atom is -0.371 e. The molecule has 0 spiro atoms. The molecule has 1 fully saturated rings. The topological polar surface area (TPSA) is 29.3 Å². The molecule has 2 N–H and O–H groups in total. The van der Waals surface area contributed by atoms with Crippen molar-refractivity contribution in [3.63, 3.8) is 0 Å². The van der Waals surface area contributed by atoms with Crippen LogP contribution >= 0.6 is 12.4 Å². The third kappa shape index (κ3) is 4.18. The van der Waals surface area contributed by atoms with Crippen LogP contribution in [-0.4, -0.2) is 19.6 Å². The van der Waals surface area contributed by atoms with Gasteiger partial charge in [0, 0.05) is 18.8 Å². The fourth-order valence-electron chi connectivity index (χ4n) is 2.60. The standard InChI is InChI=1S/C15H24N2.ClH/c1-13-4-3-11-17(12-13)15-8-6-14(7-9-15)5-2-10-16;/h6-9,13H,2-5,10-12,16H2,1H3;1H. The van der Waals surface area contributed by atoms with E-state index in [4.69, 9.17) is 5.73 Å². The first-order valence-corrected chi connectivity index (χ1v) is 6.83. The number of nitrogens with zero attached hydrogens (tertiary/aromatic N) is 1. The lowest BCUT2D eigenvalue weighted by atomic mass is 9.99. The van der Waals surface area contributed by atoms with Gasteiger partial charge in [-0.1, -0.05) is 19.1 Å². The van der Waals surface area contributed by atoms with E-state index >= 15 is 0 Å². The van der Waals surface area contributed by atoms with Gasteiger partial charge in [-0.25, -0.2) is 0 Å². The summed E-state index contributed by atoms with van der Waals surface area (Å²) in [6.45, 7) is 5.56. The minimum atomic E-state index is 0. The molecule has 2 nitrogen and oxygen atoms in total. The third-order valence-electron chi connectivity index (χ3n) is 3.63. The van der Waals surface area contributed by atoms with E-state index < -0.39 is 0 Å². The van der Waals surface area contributed by atoms with Gasteiger partial charge >= 0.3 is 0 Å². The van der Waals surface area contributed by atoms with E-state index in [-0.39, 0.29) is 12.4 Å². The number of nitrogens with two attached hydrogens (primary N) is 1. The van der Waals surface area contributed by atoms with Crippen molar-refractivity contribution in [2.75, 3.05) is 24.5 Å². The molecule has 1 aliphatic rings. The van der Waals surface area contributed by atoms with Crippen LogP contribution in [0.2, 0.25) is 0 Å². The Morgan fingerprint density at radius 1 is 1.28 bits per heavy atom. The summed E-state index contributed by atoms with van der Waals surface area (Å²) in [5, 5.41) is 0. The van der Waals surface area contributed by atoms with Crippen molar-refractivity contribution >= 4 is 18.1 Å². The van der Waals surface area contributed by atoms with Crippen LogP contribution in [0.25, 0.3) is 0 Å². The first-order valence-electron chi connectivity index (χ1n) is 6.83. The molecule has 1 atom stereocenters. The molecule has 18 heavy (non-hydrogen) atoms. The number of piperidine rings is 1. The molecule has 0 saturated carbocycles. The van der Waals surface area contributed by atoms with Crippen molar-refractivity contribution in [3.05, 3.63) is 29.8 Å². The number of aryl methyl sites for hydroxylation is 1. The van der Waals surface area contributed by atoms with E-state index in [1.165, 1.54) is 37.2 Å². The largest absolute Gasteiger partial charge is 0.371 e. The Morgan fingerprint density at radius 3 is 2.61 bits per heavy atom. The first-order chi connectivity index (χ1) is 8.29. The Morgan fingerprint density at radius 2 is 2.00 bits per heavy atom. The molecular weight excluding hydrogens is 244 g/mol. The van der Waals surface area contributed by atoms with Crippen LogP contribution in [0.15, 0.2) is 24.3 Å². The minimum absolute atomic E-state index is 0. The number of anilines is 1. The highest BCUT2D eigenvalue weighted by atomic mass is 35.5. The monoisotopic (exact) mass is 268 g/mol. The van der Waals surface area contributed by atoms with Gasteiger partial charge in [0.25, 0.3) is 0 Å². The highest BCUT2D eigenvalue weighted by Crippen LogP contribution is 2.23. The van der Waals surface area contributed by atoms with Gasteiger partial charge in [-0.05, 0) is 55.8 Å². The van der Waals surface area contributed by atoms with Crippen LogP contribution in [0.5, 0.6) is 0 Å². The molecule has 1 unspecified atom stereocenters. The van der Waals surface area contributed by atoms with Crippen molar-refractivity contribution in [1.29, 1.82) is 0 Å². The van der Waals surface area contributed by atoms with Crippen LogP contribution in [0.1, 0.15) is 31.7 Å². The molecular formula is C15H25ClN2. The lowest BCUT2D eigenvalue weighted by molar-refractivity contribution is 0.447. The maximum absolute atomic E-state index is 5.53. The van der Waals surface area contributed by atoms with E-state index in [9.17, 15) is 0 Å². The Balaban J connectivity index is 0.00000162. The molecule has 102 valence electrons. The zero-order valence-corrected chi connectivity index (χ0v) is 12.1. The molecule has 0 aromatic heterocycles. The molecule has 1 aromatic rings. The first kappa shape index (κ1) is 15.3. The Kier molecular flexibility index (Phi) is 6.51. The van der Waals surface area contributed by atoms with Crippen molar-refractivity contribution < 1.29 is 0 Å². The molecule has 2 rings (SSSR count). The normalized spacial score (nSPS) is 19.4. The summed E-state index contributed by atoms with van der Waals surface area (Å²) in [6, 6.07) is 9.04. The second kappa shape index (κ2) is 7.65. The lowest BCUT2D eigenvalue weighted by Crippen LogP contribution is -2.34. The van der Waals surface area contributed by atoms with Crippen LogP contribution in [0.3, 0.4) is 0 Å². The molecule has 1 saturated heterocycles. The third-order valence-corrected chi connectivity index (χ3v) is 3.63. The van der Waals surface area contributed by atoms with Crippen molar-refractivity contribution in [2.45, 2.75) is 32.6 Å². The van der Waals surface area contributed by atoms with Gasteiger partial charge in [0.1, 0.15) is 0 Å². The second-order valence-corrected chi connectivity index (χ2v) is 5.25. The summed E-state index contributed by atoms with van der Waals surface area (Å²) < 4.78 is 0. The molecule has 1 aromatic carbocycles. The van der Waals surface area contributed by atoms with Crippen LogP contribution < -0.4 is 10.6 Å². The number of hydrogen-bond acceptors (Lipinski definition) is 2. The zero-order chi connectivity index (χ0) is 12.1. The fraction of sp³-hybridized carbons (Fsp3) is 0.600. The van der Waals surface area contributed by atoms with Gasteiger partial charge in [-0.2, -0.15) is 0 Å². The second-order valence-electron chi connectivity index (χ2n) is 5.25. The molecule has 1 aliphatic heterocycles. The Hall–Kier alpha value is -0.730. The SMILES string of the molecule is CC1CCCN(c2ccc(CCCN)cc2)C1.Cl. The zero-order valence-electron chi connectivity index (χ0n) is 11.3. The predicted octanol–water partition coefficient (Wildman–Crippen LogP) is 3.24. The van der Waals surface area contributed by atoms with Gasteiger partial charge in [0.05, 0.1) is 0 Å². The summed E-state index contributed by atoms with van der Waals surface area (Å²) in [4.78, 5) is 2.51. The van der Waals surface area contributed by atoms with E-state index in [1.54, 1.807) is 0 Å². The average Bonchev–Trinajstić information content (AvgIpc) is 2.37.